The van der Waals surface area contributed by atoms with Crippen molar-refractivity contribution in [3.63, 3.8) is 0 Å². The van der Waals surface area contributed by atoms with Gasteiger partial charge >= 0.3 is 0 Å². The summed E-state index contributed by atoms with van der Waals surface area (Å²) in [5.41, 5.74) is 6.54. The third kappa shape index (κ3) is 3.92. The van der Waals surface area contributed by atoms with E-state index in [2.05, 4.69) is 10.3 Å². The SMILES string of the molecule is CCOc1ccc(NC(=O)CC2(N)CCCC2)cn1. The second-order valence-electron chi connectivity index (χ2n) is 5.11. The molecule has 104 valence electrons. The van der Waals surface area contributed by atoms with Gasteiger partial charge in [0.25, 0.3) is 0 Å². The molecule has 5 nitrogen and oxygen atoms in total. The minimum absolute atomic E-state index is 0.0460. The van der Waals surface area contributed by atoms with Crippen LogP contribution < -0.4 is 15.8 Å². The summed E-state index contributed by atoms with van der Waals surface area (Å²) in [7, 11) is 0. The van der Waals surface area contributed by atoms with Crippen molar-refractivity contribution in [3.05, 3.63) is 18.3 Å². The topological polar surface area (TPSA) is 77.2 Å². The second kappa shape index (κ2) is 6.02. The number of ether oxygens (including phenoxy) is 1. The third-order valence-corrected chi connectivity index (χ3v) is 3.42. The third-order valence-electron chi connectivity index (χ3n) is 3.42. The molecule has 0 aromatic carbocycles. The van der Waals surface area contributed by atoms with Crippen LogP contribution in [0.5, 0.6) is 5.88 Å². The Kier molecular flexibility index (Phi) is 4.37. The largest absolute Gasteiger partial charge is 0.478 e. The van der Waals surface area contributed by atoms with Crippen molar-refractivity contribution in [2.75, 3.05) is 11.9 Å². The van der Waals surface area contributed by atoms with Crippen molar-refractivity contribution < 1.29 is 9.53 Å². The number of anilines is 1. The number of pyridine rings is 1. The molecule has 1 heterocycles. The summed E-state index contributed by atoms with van der Waals surface area (Å²) in [4.78, 5) is 16.0. The molecule has 1 fully saturated rings. The van der Waals surface area contributed by atoms with Crippen molar-refractivity contribution in [2.45, 2.75) is 44.6 Å². The number of rotatable bonds is 5. The van der Waals surface area contributed by atoms with E-state index in [4.69, 9.17) is 10.5 Å². The van der Waals surface area contributed by atoms with Gasteiger partial charge in [-0.3, -0.25) is 4.79 Å². The molecule has 2 rings (SSSR count). The number of carbonyl (C=O) groups is 1. The predicted molar refractivity (Wildman–Crippen MR) is 74.0 cm³/mol. The van der Waals surface area contributed by atoms with Gasteiger partial charge < -0.3 is 15.8 Å². The van der Waals surface area contributed by atoms with E-state index in [1.807, 2.05) is 6.92 Å². The van der Waals surface area contributed by atoms with E-state index in [1.54, 1.807) is 18.3 Å². The van der Waals surface area contributed by atoms with Gasteiger partial charge in [0.05, 0.1) is 18.5 Å². The fourth-order valence-corrected chi connectivity index (χ4v) is 2.47. The zero-order chi connectivity index (χ0) is 13.7. The zero-order valence-corrected chi connectivity index (χ0v) is 11.3. The molecule has 0 bridgehead atoms. The van der Waals surface area contributed by atoms with Gasteiger partial charge in [-0.1, -0.05) is 12.8 Å². The molecule has 0 unspecified atom stereocenters. The van der Waals surface area contributed by atoms with Crippen LogP contribution in [0.2, 0.25) is 0 Å². The molecule has 1 saturated carbocycles. The summed E-state index contributed by atoms with van der Waals surface area (Å²) in [5, 5.41) is 2.83. The van der Waals surface area contributed by atoms with E-state index in [-0.39, 0.29) is 11.4 Å². The van der Waals surface area contributed by atoms with E-state index in [0.29, 0.717) is 24.6 Å². The van der Waals surface area contributed by atoms with Gasteiger partial charge in [-0.05, 0) is 25.8 Å². The summed E-state index contributed by atoms with van der Waals surface area (Å²) in [6.45, 7) is 2.48. The zero-order valence-electron chi connectivity index (χ0n) is 11.3. The fraction of sp³-hybridized carbons (Fsp3) is 0.571. The van der Waals surface area contributed by atoms with E-state index < -0.39 is 0 Å². The molecule has 19 heavy (non-hydrogen) atoms. The van der Waals surface area contributed by atoms with Crippen molar-refractivity contribution in [1.29, 1.82) is 0 Å². The lowest BCUT2D eigenvalue weighted by atomic mass is 9.94. The normalized spacial score (nSPS) is 17.2. The minimum atomic E-state index is -0.317. The molecule has 1 aromatic heterocycles. The average Bonchev–Trinajstić information content (AvgIpc) is 2.78. The molecule has 1 amide bonds. The maximum absolute atomic E-state index is 11.9. The molecule has 0 atom stereocenters. The van der Waals surface area contributed by atoms with Gasteiger partial charge in [0.1, 0.15) is 0 Å². The van der Waals surface area contributed by atoms with E-state index in [0.717, 1.165) is 25.7 Å². The highest BCUT2D eigenvalue weighted by Gasteiger charge is 2.31. The Morgan fingerprint density at radius 3 is 2.79 bits per heavy atom. The Hall–Kier alpha value is -1.62. The fourth-order valence-electron chi connectivity index (χ4n) is 2.47. The summed E-state index contributed by atoms with van der Waals surface area (Å²) >= 11 is 0. The van der Waals surface area contributed by atoms with E-state index in [1.165, 1.54) is 0 Å². The van der Waals surface area contributed by atoms with Crippen LogP contribution in [0.25, 0.3) is 0 Å². The molecule has 0 spiro atoms. The molecule has 0 aliphatic heterocycles. The molecule has 1 aromatic rings. The highest BCUT2D eigenvalue weighted by molar-refractivity contribution is 5.91. The lowest BCUT2D eigenvalue weighted by Gasteiger charge is -2.22. The van der Waals surface area contributed by atoms with Crippen molar-refractivity contribution in [3.8, 4) is 5.88 Å². The smallest absolute Gasteiger partial charge is 0.226 e. The van der Waals surface area contributed by atoms with Gasteiger partial charge in [-0.25, -0.2) is 4.98 Å². The van der Waals surface area contributed by atoms with Crippen molar-refractivity contribution >= 4 is 11.6 Å². The number of nitrogens with zero attached hydrogens (tertiary/aromatic N) is 1. The Labute approximate surface area is 113 Å². The summed E-state index contributed by atoms with van der Waals surface area (Å²) < 4.78 is 5.25. The first-order valence-corrected chi connectivity index (χ1v) is 6.79. The molecule has 0 saturated heterocycles. The van der Waals surface area contributed by atoms with Crippen molar-refractivity contribution in [2.24, 2.45) is 5.73 Å². The van der Waals surface area contributed by atoms with Gasteiger partial charge in [0.2, 0.25) is 11.8 Å². The molecule has 5 heteroatoms. The molecular weight excluding hydrogens is 242 g/mol. The van der Waals surface area contributed by atoms with Crippen LogP contribution in [-0.4, -0.2) is 23.0 Å². The van der Waals surface area contributed by atoms with Crippen LogP contribution in [0, 0.1) is 0 Å². The maximum Gasteiger partial charge on any atom is 0.226 e. The van der Waals surface area contributed by atoms with Gasteiger partial charge in [-0.15, -0.1) is 0 Å². The predicted octanol–water partition coefficient (Wildman–Crippen LogP) is 2.08. The first kappa shape index (κ1) is 13.8. The maximum atomic E-state index is 11.9. The number of nitrogens with one attached hydrogen (secondary N) is 1. The Morgan fingerprint density at radius 1 is 1.47 bits per heavy atom. The van der Waals surface area contributed by atoms with Gasteiger partial charge in [0.15, 0.2) is 0 Å². The quantitative estimate of drug-likeness (QED) is 0.852. The number of carbonyl (C=O) groups excluding carboxylic acids is 1. The number of nitrogens with two attached hydrogens (primary N) is 1. The van der Waals surface area contributed by atoms with Gasteiger partial charge in [-0.2, -0.15) is 0 Å². The molecular formula is C14H21N3O2. The number of aromatic nitrogens is 1. The number of hydrogen-bond donors (Lipinski definition) is 2. The first-order valence-electron chi connectivity index (χ1n) is 6.79. The highest BCUT2D eigenvalue weighted by atomic mass is 16.5. The highest BCUT2D eigenvalue weighted by Crippen LogP contribution is 2.30. The molecule has 1 aliphatic carbocycles. The monoisotopic (exact) mass is 263 g/mol. The summed E-state index contributed by atoms with van der Waals surface area (Å²) in [6.07, 6.45) is 6.08. The van der Waals surface area contributed by atoms with Crippen LogP contribution >= 0.6 is 0 Å². The van der Waals surface area contributed by atoms with Crippen LogP contribution in [0.15, 0.2) is 18.3 Å². The second-order valence-corrected chi connectivity index (χ2v) is 5.11. The summed E-state index contributed by atoms with van der Waals surface area (Å²) in [5.74, 6) is 0.516. The van der Waals surface area contributed by atoms with Gasteiger partial charge in [0, 0.05) is 18.0 Å². The van der Waals surface area contributed by atoms with Crippen LogP contribution in [0.1, 0.15) is 39.0 Å². The van der Waals surface area contributed by atoms with Crippen molar-refractivity contribution in [1.82, 2.24) is 4.98 Å². The lowest BCUT2D eigenvalue weighted by Crippen LogP contribution is -2.40. The molecule has 3 N–H and O–H groups in total. The minimum Gasteiger partial charge on any atom is -0.478 e. The number of amides is 1. The Balaban J connectivity index is 1.87. The van der Waals surface area contributed by atoms with Crippen LogP contribution in [-0.2, 0) is 4.79 Å². The molecule has 1 aliphatic rings. The average molecular weight is 263 g/mol. The van der Waals surface area contributed by atoms with Crippen LogP contribution in [0.4, 0.5) is 5.69 Å². The Morgan fingerprint density at radius 2 is 2.21 bits per heavy atom. The van der Waals surface area contributed by atoms with E-state index in [9.17, 15) is 4.79 Å². The first-order chi connectivity index (χ1) is 9.11. The summed E-state index contributed by atoms with van der Waals surface area (Å²) in [6, 6.07) is 3.53. The lowest BCUT2D eigenvalue weighted by molar-refractivity contribution is -0.117. The van der Waals surface area contributed by atoms with Crippen LogP contribution in [0.3, 0.4) is 0 Å². The standard InChI is InChI=1S/C14H21N3O2/c1-2-19-13-6-5-11(10-16-13)17-12(18)9-14(15)7-3-4-8-14/h5-6,10H,2-4,7-9,15H2,1H3,(H,17,18). The number of hydrogen-bond acceptors (Lipinski definition) is 4. The molecule has 0 radical (unpaired) electrons. The Bertz CT molecular complexity index is 425. The van der Waals surface area contributed by atoms with E-state index >= 15 is 0 Å².